The van der Waals surface area contributed by atoms with Gasteiger partial charge in [-0.1, -0.05) is 30.3 Å². The lowest BCUT2D eigenvalue weighted by atomic mass is 9.91. The molecule has 1 fully saturated rings. The van der Waals surface area contributed by atoms with Gasteiger partial charge in [-0.3, -0.25) is 9.59 Å². The molecule has 0 saturated carbocycles. The first-order chi connectivity index (χ1) is 8.63. The van der Waals surface area contributed by atoms with Crippen LogP contribution in [0.25, 0.3) is 0 Å². The molecule has 2 atom stereocenters. The number of benzene rings is 1. The van der Waals surface area contributed by atoms with Gasteiger partial charge in [0.25, 0.3) is 0 Å². The summed E-state index contributed by atoms with van der Waals surface area (Å²) >= 11 is 4.94. The predicted octanol–water partition coefficient (Wildman–Crippen LogP) is 0.521. The Morgan fingerprint density at radius 2 is 2.00 bits per heavy atom. The summed E-state index contributed by atoms with van der Waals surface area (Å²) in [7, 11) is 1.25. The van der Waals surface area contributed by atoms with E-state index >= 15 is 0 Å². The molecule has 1 aromatic carbocycles. The Bertz CT molecular complexity index is 489. The van der Waals surface area contributed by atoms with E-state index in [-0.39, 0.29) is 5.11 Å². The van der Waals surface area contributed by atoms with E-state index in [1.165, 1.54) is 7.11 Å². The first-order valence-electron chi connectivity index (χ1n) is 5.37. The summed E-state index contributed by atoms with van der Waals surface area (Å²) in [5.74, 6) is -1.97. The lowest BCUT2D eigenvalue weighted by Gasteiger charge is -2.31. The van der Waals surface area contributed by atoms with Gasteiger partial charge in [-0.05, 0) is 17.8 Å². The summed E-state index contributed by atoms with van der Waals surface area (Å²) in [5.41, 5.74) is 0.810. The minimum absolute atomic E-state index is 0.217. The van der Waals surface area contributed by atoms with Crippen LogP contribution in [-0.4, -0.2) is 24.1 Å². The average Bonchev–Trinajstić information content (AvgIpc) is 2.38. The van der Waals surface area contributed by atoms with Crippen molar-refractivity contribution in [2.45, 2.75) is 6.04 Å². The van der Waals surface area contributed by atoms with Crippen molar-refractivity contribution in [1.82, 2.24) is 10.6 Å². The predicted molar refractivity (Wildman–Crippen MR) is 68.6 cm³/mol. The van der Waals surface area contributed by atoms with Gasteiger partial charge < -0.3 is 15.4 Å². The number of methoxy groups -OCH3 is 1. The molecule has 2 rings (SSSR count). The monoisotopic (exact) mass is 264 g/mol. The van der Waals surface area contributed by atoms with Crippen LogP contribution in [0.15, 0.2) is 30.3 Å². The number of thiocarbonyl (C=S) groups is 1. The molecule has 1 amide bonds. The first kappa shape index (κ1) is 12.5. The van der Waals surface area contributed by atoms with Crippen molar-refractivity contribution in [3.63, 3.8) is 0 Å². The molecule has 1 saturated heterocycles. The minimum Gasteiger partial charge on any atom is -0.468 e. The molecule has 18 heavy (non-hydrogen) atoms. The maximum atomic E-state index is 11.8. The molecule has 1 aliphatic rings. The van der Waals surface area contributed by atoms with Crippen molar-refractivity contribution >= 4 is 29.2 Å². The molecule has 0 unspecified atom stereocenters. The molecule has 1 aromatic rings. The zero-order valence-corrected chi connectivity index (χ0v) is 10.5. The Labute approximate surface area is 110 Å². The fraction of sp³-hybridized carbons (Fsp3) is 0.250. The third-order valence-electron chi connectivity index (χ3n) is 2.75. The number of carbonyl (C=O) groups is 2. The molecule has 0 aromatic heterocycles. The van der Waals surface area contributed by atoms with Crippen molar-refractivity contribution in [2.75, 3.05) is 7.11 Å². The summed E-state index contributed by atoms with van der Waals surface area (Å²) in [6, 6.07) is 8.68. The summed E-state index contributed by atoms with van der Waals surface area (Å²) in [4.78, 5) is 23.6. The second-order valence-corrected chi connectivity index (χ2v) is 4.26. The average molecular weight is 264 g/mol. The van der Waals surface area contributed by atoms with Crippen LogP contribution in [0.3, 0.4) is 0 Å². The molecule has 0 radical (unpaired) electrons. The van der Waals surface area contributed by atoms with Gasteiger partial charge in [0.15, 0.2) is 11.0 Å². The van der Waals surface area contributed by atoms with Gasteiger partial charge in [0.05, 0.1) is 13.2 Å². The lowest BCUT2D eigenvalue weighted by Crippen LogP contribution is -2.56. The van der Waals surface area contributed by atoms with E-state index in [2.05, 4.69) is 15.4 Å². The smallest absolute Gasteiger partial charge is 0.320 e. The van der Waals surface area contributed by atoms with Gasteiger partial charge in [-0.2, -0.15) is 0 Å². The van der Waals surface area contributed by atoms with Gasteiger partial charge in [-0.25, -0.2) is 0 Å². The molecule has 2 N–H and O–H groups in total. The van der Waals surface area contributed by atoms with E-state index in [0.29, 0.717) is 0 Å². The molecule has 0 bridgehead atoms. The van der Waals surface area contributed by atoms with Crippen LogP contribution in [-0.2, 0) is 14.3 Å². The Morgan fingerprint density at radius 1 is 1.33 bits per heavy atom. The molecule has 94 valence electrons. The second-order valence-electron chi connectivity index (χ2n) is 3.85. The van der Waals surface area contributed by atoms with Crippen molar-refractivity contribution in [1.29, 1.82) is 0 Å². The van der Waals surface area contributed by atoms with Gasteiger partial charge in [-0.15, -0.1) is 0 Å². The fourth-order valence-corrected chi connectivity index (χ4v) is 2.14. The van der Waals surface area contributed by atoms with E-state index in [9.17, 15) is 9.59 Å². The van der Waals surface area contributed by atoms with Crippen LogP contribution < -0.4 is 10.6 Å². The largest absolute Gasteiger partial charge is 0.468 e. The van der Waals surface area contributed by atoms with Crippen LogP contribution in [0.4, 0.5) is 0 Å². The highest BCUT2D eigenvalue weighted by atomic mass is 32.1. The summed E-state index contributed by atoms with van der Waals surface area (Å²) in [6.45, 7) is 0. The molecular weight excluding hydrogens is 252 g/mol. The zero-order valence-electron chi connectivity index (χ0n) is 9.67. The van der Waals surface area contributed by atoms with E-state index < -0.39 is 23.8 Å². The maximum Gasteiger partial charge on any atom is 0.320 e. The first-order valence-corrected chi connectivity index (χ1v) is 5.78. The number of hydrogen-bond donors (Lipinski definition) is 2. The number of rotatable bonds is 2. The third-order valence-corrected chi connectivity index (χ3v) is 2.97. The van der Waals surface area contributed by atoms with Crippen molar-refractivity contribution in [3.05, 3.63) is 35.9 Å². The number of ether oxygens (including phenoxy) is 1. The maximum absolute atomic E-state index is 11.8. The number of carbonyl (C=O) groups excluding carboxylic acids is 2. The highest BCUT2D eigenvalue weighted by Crippen LogP contribution is 2.25. The Kier molecular flexibility index (Phi) is 3.57. The van der Waals surface area contributed by atoms with Gasteiger partial charge in [0, 0.05) is 0 Å². The number of amides is 1. The SMILES string of the molecule is COC(=O)[C@@H]1C(=O)NC(=S)N[C@@H]1c1ccccc1. The van der Waals surface area contributed by atoms with Crippen LogP contribution in [0.1, 0.15) is 11.6 Å². The van der Waals surface area contributed by atoms with Crippen molar-refractivity contribution in [3.8, 4) is 0 Å². The molecule has 1 heterocycles. The Morgan fingerprint density at radius 3 is 2.61 bits per heavy atom. The van der Waals surface area contributed by atoms with Crippen LogP contribution >= 0.6 is 12.2 Å². The van der Waals surface area contributed by atoms with Crippen LogP contribution in [0.2, 0.25) is 0 Å². The van der Waals surface area contributed by atoms with E-state index in [0.717, 1.165) is 5.56 Å². The lowest BCUT2D eigenvalue weighted by molar-refractivity contribution is -0.151. The second kappa shape index (κ2) is 5.14. The molecule has 0 spiro atoms. The highest BCUT2D eigenvalue weighted by molar-refractivity contribution is 7.80. The van der Waals surface area contributed by atoms with Crippen LogP contribution in [0, 0.1) is 5.92 Å². The zero-order chi connectivity index (χ0) is 13.1. The van der Waals surface area contributed by atoms with E-state index in [4.69, 9.17) is 12.2 Å². The van der Waals surface area contributed by atoms with Crippen LogP contribution in [0.5, 0.6) is 0 Å². The van der Waals surface area contributed by atoms with E-state index in [1.807, 2.05) is 30.3 Å². The topological polar surface area (TPSA) is 67.4 Å². The quantitative estimate of drug-likeness (QED) is 0.463. The summed E-state index contributed by atoms with van der Waals surface area (Å²) in [6.07, 6.45) is 0. The fourth-order valence-electron chi connectivity index (χ4n) is 1.91. The van der Waals surface area contributed by atoms with Gasteiger partial charge in [0.2, 0.25) is 5.91 Å². The van der Waals surface area contributed by atoms with E-state index in [1.54, 1.807) is 0 Å². The third kappa shape index (κ3) is 2.33. The number of nitrogens with one attached hydrogen (secondary N) is 2. The normalized spacial score (nSPS) is 22.9. The summed E-state index contributed by atoms with van der Waals surface area (Å²) < 4.78 is 4.66. The summed E-state index contributed by atoms with van der Waals surface area (Å²) in [5, 5.41) is 5.57. The minimum atomic E-state index is -0.941. The standard InChI is InChI=1S/C12H12N2O3S/c1-17-11(16)8-9(7-5-3-2-4-6-7)13-12(18)14-10(8)15/h2-6,8-9H,1H3,(H2,13,14,15,18)/t8-,9+/m0/s1. The highest BCUT2D eigenvalue weighted by Gasteiger charge is 2.41. The molecule has 1 aliphatic heterocycles. The van der Waals surface area contributed by atoms with Crippen molar-refractivity contribution < 1.29 is 14.3 Å². The Balaban J connectivity index is 2.36. The number of esters is 1. The molecule has 6 heteroatoms. The molecule has 5 nitrogen and oxygen atoms in total. The number of hydrogen-bond acceptors (Lipinski definition) is 4. The Hall–Kier alpha value is -1.95. The van der Waals surface area contributed by atoms with Crippen molar-refractivity contribution in [2.24, 2.45) is 5.92 Å². The van der Waals surface area contributed by atoms with Gasteiger partial charge >= 0.3 is 5.97 Å². The van der Waals surface area contributed by atoms with Gasteiger partial charge in [0.1, 0.15) is 0 Å². The molecular formula is C12H12N2O3S. The molecule has 0 aliphatic carbocycles.